The number of Topliss-reactive ketones (excluding diaryl/α,β-unsaturated/α-hetero) is 2. The van der Waals surface area contributed by atoms with Crippen molar-refractivity contribution in [2.24, 2.45) is 0 Å². The van der Waals surface area contributed by atoms with Gasteiger partial charge in [-0.2, -0.15) is 0 Å². The van der Waals surface area contributed by atoms with Gasteiger partial charge in [-0.15, -0.1) is 0 Å². The molecule has 0 bridgehead atoms. The molecule has 0 radical (unpaired) electrons. The van der Waals surface area contributed by atoms with Crippen molar-refractivity contribution in [3.63, 3.8) is 0 Å². The average molecular weight is 311 g/mol. The summed E-state index contributed by atoms with van der Waals surface area (Å²) < 4.78 is 5.32. The van der Waals surface area contributed by atoms with Crippen LogP contribution in [0.1, 0.15) is 34.1 Å². The van der Waals surface area contributed by atoms with Crippen LogP contribution in [-0.2, 0) is 4.74 Å². The molecule has 0 N–H and O–H groups in total. The monoisotopic (exact) mass is 311 g/mol. The van der Waals surface area contributed by atoms with E-state index in [-0.39, 0.29) is 11.6 Å². The standard InChI is InChI=1S/C19H21NO3/c1-14(21)15-2-3-17-13-18(5-4-16(17)12-15)19(22)6-7-20-8-10-23-11-9-20/h2-5,12-13H,6-11H2,1H3. The molecular weight excluding hydrogens is 290 g/mol. The van der Waals surface area contributed by atoms with Gasteiger partial charge in [-0.25, -0.2) is 0 Å². The van der Waals surface area contributed by atoms with Crippen LogP contribution in [0.3, 0.4) is 0 Å². The molecular formula is C19H21NO3. The lowest BCUT2D eigenvalue weighted by molar-refractivity contribution is 0.0370. The summed E-state index contributed by atoms with van der Waals surface area (Å²) in [6.45, 7) is 5.65. The number of ether oxygens (including phenoxy) is 1. The highest BCUT2D eigenvalue weighted by molar-refractivity contribution is 6.02. The van der Waals surface area contributed by atoms with E-state index in [1.807, 2.05) is 36.4 Å². The summed E-state index contributed by atoms with van der Waals surface area (Å²) in [5, 5.41) is 1.98. The Hall–Kier alpha value is -2.04. The number of hydrogen-bond acceptors (Lipinski definition) is 4. The molecule has 1 aliphatic rings. The van der Waals surface area contributed by atoms with Crippen LogP contribution in [0.15, 0.2) is 36.4 Å². The molecule has 0 aliphatic carbocycles. The van der Waals surface area contributed by atoms with Crippen molar-refractivity contribution < 1.29 is 14.3 Å². The minimum Gasteiger partial charge on any atom is -0.379 e. The molecule has 23 heavy (non-hydrogen) atoms. The Kier molecular flexibility index (Phi) is 4.84. The lowest BCUT2D eigenvalue weighted by Crippen LogP contribution is -2.37. The fourth-order valence-corrected chi connectivity index (χ4v) is 2.87. The van der Waals surface area contributed by atoms with Crippen molar-refractivity contribution in [3.05, 3.63) is 47.5 Å². The highest BCUT2D eigenvalue weighted by Crippen LogP contribution is 2.19. The molecule has 0 aromatic heterocycles. The molecule has 0 spiro atoms. The Bertz CT molecular complexity index is 732. The second-order valence-electron chi connectivity index (χ2n) is 5.96. The maximum Gasteiger partial charge on any atom is 0.164 e. The molecule has 3 rings (SSSR count). The first kappa shape index (κ1) is 15.8. The van der Waals surface area contributed by atoms with Crippen LogP contribution in [-0.4, -0.2) is 49.3 Å². The minimum atomic E-state index is 0.0533. The topological polar surface area (TPSA) is 46.6 Å². The molecule has 1 aliphatic heterocycles. The number of rotatable bonds is 5. The van der Waals surface area contributed by atoms with E-state index in [4.69, 9.17) is 4.74 Å². The number of carbonyl (C=O) groups excluding carboxylic acids is 2. The van der Waals surface area contributed by atoms with Gasteiger partial charge in [0.2, 0.25) is 0 Å². The van der Waals surface area contributed by atoms with E-state index in [1.54, 1.807) is 6.92 Å². The van der Waals surface area contributed by atoms with E-state index in [2.05, 4.69) is 4.90 Å². The third-order valence-electron chi connectivity index (χ3n) is 4.33. The molecule has 1 saturated heterocycles. The maximum absolute atomic E-state index is 12.4. The van der Waals surface area contributed by atoms with Gasteiger partial charge >= 0.3 is 0 Å². The van der Waals surface area contributed by atoms with Crippen molar-refractivity contribution in [1.82, 2.24) is 4.90 Å². The molecule has 120 valence electrons. The van der Waals surface area contributed by atoms with Crippen molar-refractivity contribution in [2.45, 2.75) is 13.3 Å². The number of carbonyl (C=O) groups is 2. The summed E-state index contributed by atoms with van der Waals surface area (Å²) in [5.74, 6) is 0.214. The Morgan fingerprint density at radius 2 is 1.61 bits per heavy atom. The van der Waals surface area contributed by atoms with E-state index in [9.17, 15) is 9.59 Å². The van der Waals surface area contributed by atoms with Crippen molar-refractivity contribution in [2.75, 3.05) is 32.8 Å². The third-order valence-corrected chi connectivity index (χ3v) is 4.33. The second kappa shape index (κ2) is 7.02. The zero-order valence-corrected chi connectivity index (χ0v) is 13.4. The summed E-state index contributed by atoms with van der Waals surface area (Å²) in [6, 6.07) is 11.3. The van der Waals surface area contributed by atoms with E-state index < -0.39 is 0 Å². The van der Waals surface area contributed by atoms with Crippen molar-refractivity contribution >= 4 is 22.3 Å². The van der Waals surface area contributed by atoms with Gasteiger partial charge < -0.3 is 4.74 Å². The fraction of sp³-hybridized carbons (Fsp3) is 0.368. The molecule has 2 aromatic rings. The van der Waals surface area contributed by atoms with Crippen LogP contribution >= 0.6 is 0 Å². The molecule has 4 heteroatoms. The van der Waals surface area contributed by atoms with Gasteiger partial charge in [0.1, 0.15) is 0 Å². The van der Waals surface area contributed by atoms with Gasteiger partial charge in [-0.1, -0.05) is 24.3 Å². The first-order chi connectivity index (χ1) is 11.1. The summed E-state index contributed by atoms with van der Waals surface area (Å²) in [5.41, 5.74) is 1.44. The molecule has 0 saturated carbocycles. The third kappa shape index (κ3) is 3.84. The zero-order chi connectivity index (χ0) is 16.2. The maximum atomic E-state index is 12.4. The summed E-state index contributed by atoms with van der Waals surface area (Å²) in [7, 11) is 0. The van der Waals surface area contributed by atoms with Gasteiger partial charge in [0.15, 0.2) is 11.6 Å². The van der Waals surface area contributed by atoms with E-state index in [0.29, 0.717) is 12.0 Å². The van der Waals surface area contributed by atoms with Crippen molar-refractivity contribution in [3.8, 4) is 0 Å². The first-order valence-electron chi connectivity index (χ1n) is 8.01. The summed E-state index contributed by atoms with van der Waals surface area (Å²) in [6.07, 6.45) is 0.525. The number of nitrogens with zero attached hydrogens (tertiary/aromatic N) is 1. The summed E-state index contributed by atoms with van der Waals surface area (Å²) >= 11 is 0. The fourth-order valence-electron chi connectivity index (χ4n) is 2.87. The SMILES string of the molecule is CC(=O)c1ccc2cc(C(=O)CCN3CCOCC3)ccc2c1. The molecule has 1 fully saturated rings. The molecule has 1 heterocycles. The van der Waals surface area contributed by atoms with E-state index in [1.165, 1.54) is 0 Å². The van der Waals surface area contributed by atoms with Crippen LogP contribution < -0.4 is 0 Å². The minimum absolute atomic E-state index is 0.0533. The molecule has 4 nitrogen and oxygen atoms in total. The Morgan fingerprint density at radius 3 is 2.26 bits per heavy atom. The van der Waals surface area contributed by atoms with Crippen LogP contribution in [0.5, 0.6) is 0 Å². The number of ketones is 2. The smallest absolute Gasteiger partial charge is 0.164 e. The van der Waals surface area contributed by atoms with Crippen molar-refractivity contribution in [1.29, 1.82) is 0 Å². The average Bonchev–Trinajstić information content (AvgIpc) is 2.59. The molecule has 0 atom stereocenters. The predicted octanol–water partition coefficient (Wildman–Crippen LogP) is 2.95. The molecule has 2 aromatic carbocycles. The van der Waals surface area contributed by atoms with Gasteiger partial charge in [-0.3, -0.25) is 14.5 Å². The normalized spacial score (nSPS) is 15.7. The number of benzene rings is 2. The van der Waals surface area contributed by atoms with E-state index >= 15 is 0 Å². The van der Waals surface area contributed by atoms with Gasteiger partial charge in [0.25, 0.3) is 0 Å². The van der Waals surface area contributed by atoms with Gasteiger partial charge in [0.05, 0.1) is 13.2 Å². The number of fused-ring (bicyclic) bond motifs is 1. The predicted molar refractivity (Wildman–Crippen MR) is 90.2 cm³/mol. The Labute approximate surface area is 136 Å². The first-order valence-corrected chi connectivity index (χ1v) is 8.01. The number of morpholine rings is 1. The lowest BCUT2D eigenvalue weighted by Gasteiger charge is -2.26. The van der Waals surface area contributed by atoms with Gasteiger partial charge in [0, 0.05) is 37.2 Å². The zero-order valence-electron chi connectivity index (χ0n) is 13.4. The molecule has 0 unspecified atom stereocenters. The highest BCUT2D eigenvalue weighted by Gasteiger charge is 2.13. The van der Waals surface area contributed by atoms with Gasteiger partial charge in [-0.05, 0) is 29.8 Å². The highest BCUT2D eigenvalue weighted by atomic mass is 16.5. The van der Waals surface area contributed by atoms with Crippen LogP contribution in [0.4, 0.5) is 0 Å². The Morgan fingerprint density at radius 1 is 1.00 bits per heavy atom. The van der Waals surface area contributed by atoms with E-state index in [0.717, 1.165) is 49.2 Å². The number of hydrogen-bond donors (Lipinski definition) is 0. The second-order valence-corrected chi connectivity index (χ2v) is 5.96. The Balaban J connectivity index is 1.70. The quantitative estimate of drug-likeness (QED) is 0.797. The van der Waals surface area contributed by atoms with Crippen LogP contribution in [0.25, 0.3) is 10.8 Å². The van der Waals surface area contributed by atoms with Crippen LogP contribution in [0.2, 0.25) is 0 Å². The lowest BCUT2D eigenvalue weighted by atomic mass is 10.00. The molecule has 0 amide bonds. The summed E-state index contributed by atoms with van der Waals surface area (Å²) in [4.78, 5) is 26.1. The van der Waals surface area contributed by atoms with Crippen LogP contribution in [0, 0.1) is 0 Å². The largest absolute Gasteiger partial charge is 0.379 e.